The first-order valence-corrected chi connectivity index (χ1v) is 7.93. The average molecular weight is 326 g/mol. The molecule has 0 unspecified atom stereocenters. The van der Waals surface area contributed by atoms with Gasteiger partial charge in [0.15, 0.2) is 0 Å². The smallest absolute Gasteiger partial charge is 0.337 e. The maximum Gasteiger partial charge on any atom is 0.337 e. The number of methoxy groups -OCH3 is 1. The van der Waals surface area contributed by atoms with Crippen LogP contribution in [-0.2, 0) is 11.3 Å². The molecule has 0 saturated carbocycles. The normalized spacial score (nSPS) is 10.1. The molecule has 0 heterocycles. The maximum absolute atomic E-state index is 12.5. The zero-order valence-corrected chi connectivity index (χ0v) is 14.0. The molecule has 5 nitrogen and oxygen atoms in total. The fourth-order valence-corrected chi connectivity index (χ4v) is 2.26. The summed E-state index contributed by atoms with van der Waals surface area (Å²) in [6.07, 6.45) is 0.877. The summed E-state index contributed by atoms with van der Waals surface area (Å²) in [5.41, 5.74) is 2.24. The minimum atomic E-state index is -0.373. The Morgan fingerprint density at radius 3 is 2.29 bits per heavy atom. The number of carbonyl (C=O) groups excluding carboxylic acids is 2. The van der Waals surface area contributed by atoms with Gasteiger partial charge in [-0.15, -0.1) is 0 Å². The largest absolute Gasteiger partial charge is 0.465 e. The summed E-state index contributed by atoms with van der Waals surface area (Å²) in [4.78, 5) is 25.7. The zero-order valence-electron chi connectivity index (χ0n) is 14.0. The molecule has 0 spiro atoms. The number of nitrogens with one attached hydrogen (secondary N) is 1. The van der Waals surface area contributed by atoms with Gasteiger partial charge >= 0.3 is 12.0 Å². The Labute approximate surface area is 142 Å². The second-order valence-electron chi connectivity index (χ2n) is 5.34. The number of para-hydroxylation sites is 1. The van der Waals surface area contributed by atoms with E-state index in [9.17, 15) is 9.59 Å². The number of hydrogen-bond donors (Lipinski definition) is 1. The van der Waals surface area contributed by atoms with Crippen LogP contribution in [0.15, 0.2) is 54.6 Å². The highest BCUT2D eigenvalue weighted by Crippen LogP contribution is 2.17. The van der Waals surface area contributed by atoms with Gasteiger partial charge in [0.1, 0.15) is 0 Å². The number of amides is 2. The number of hydrogen-bond acceptors (Lipinski definition) is 3. The summed E-state index contributed by atoms with van der Waals surface area (Å²) in [5, 5.41) is 2.90. The van der Waals surface area contributed by atoms with Crippen molar-refractivity contribution in [3.63, 3.8) is 0 Å². The molecule has 0 bridgehead atoms. The predicted molar refractivity (Wildman–Crippen MR) is 94.1 cm³/mol. The molecule has 0 aromatic heterocycles. The Morgan fingerprint density at radius 2 is 1.71 bits per heavy atom. The highest BCUT2D eigenvalue weighted by atomic mass is 16.5. The molecule has 0 aliphatic carbocycles. The second-order valence-corrected chi connectivity index (χ2v) is 5.34. The van der Waals surface area contributed by atoms with E-state index in [1.54, 1.807) is 17.0 Å². The predicted octanol–water partition coefficient (Wildman–Crippen LogP) is 3.60. The molecule has 2 aromatic carbocycles. The number of benzene rings is 2. The first-order chi connectivity index (χ1) is 11.7. The Kier molecular flexibility index (Phi) is 6.37. The van der Waals surface area contributed by atoms with Crippen molar-refractivity contribution in [2.45, 2.75) is 19.9 Å². The van der Waals surface area contributed by atoms with Crippen LogP contribution in [0.3, 0.4) is 0 Å². The SMILES string of the molecule is CCCNC(=O)N(Cc1ccc(C(=O)OC)cc1)c1ccccc1. The van der Waals surface area contributed by atoms with E-state index in [1.807, 2.05) is 49.4 Å². The molecule has 126 valence electrons. The van der Waals surface area contributed by atoms with Crippen molar-refractivity contribution >= 4 is 17.7 Å². The number of esters is 1. The molecule has 2 amide bonds. The first-order valence-electron chi connectivity index (χ1n) is 7.93. The van der Waals surface area contributed by atoms with Crippen LogP contribution in [0.25, 0.3) is 0 Å². The summed E-state index contributed by atoms with van der Waals surface area (Å²) in [6.45, 7) is 3.06. The van der Waals surface area contributed by atoms with Crippen molar-refractivity contribution in [3.8, 4) is 0 Å². The van der Waals surface area contributed by atoms with Gasteiger partial charge in [0, 0.05) is 12.2 Å². The van der Waals surface area contributed by atoms with Gasteiger partial charge in [-0.2, -0.15) is 0 Å². The van der Waals surface area contributed by atoms with E-state index < -0.39 is 0 Å². The fourth-order valence-electron chi connectivity index (χ4n) is 2.26. The average Bonchev–Trinajstić information content (AvgIpc) is 2.64. The molecule has 0 aliphatic heterocycles. The summed E-state index contributed by atoms with van der Waals surface area (Å²) in [7, 11) is 1.35. The molecular weight excluding hydrogens is 304 g/mol. The van der Waals surface area contributed by atoms with E-state index >= 15 is 0 Å². The number of rotatable bonds is 6. The molecule has 0 radical (unpaired) electrons. The van der Waals surface area contributed by atoms with Crippen LogP contribution in [0.4, 0.5) is 10.5 Å². The lowest BCUT2D eigenvalue weighted by Gasteiger charge is -2.23. The third-order valence-electron chi connectivity index (χ3n) is 3.55. The molecule has 24 heavy (non-hydrogen) atoms. The zero-order chi connectivity index (χ0) is 17.4. The van der Waals surface area contributed by atoms with Crippen LogP contribution in [0.2, 0.25) is 0 Å². The summed E-state index contributed by atoms with van der Waals surface area (Å²) >= 11 is 0. The Hall–Kier alpha value is -2.82. The third kappa shape index (κ3) is 4.59. The van der Waals surface area contributed by atoms with Crippen molar-refractivity contribution in [1.29, 1.82) is 0 Å². The third-order valence-corrected chi connectivity index (χ3v) is 3.55. The van der Waals surface area contributed by atoms with Gasteiger partial charge in [0.25, 0.3) is 0 Å². The van der Waals surface area contributed by atoms with Gasteiger partial charge in [-0.1, -0.05) is 37.3 Å². The van der Waals surface area contributed by atoms with Gasteiger partial charge in [0.05, 0.1) is 19.2 Å². The monoisotopic (exact) mass is 326 g/mol. The highest BCUT2D eigenvalue weighted by Gasteiger charge is 2.16. The quantitative estimate of drug-likeness (QED) is 0.825. The Bertz CT molecular complexity index is 669. The van der Waals surface area contributed by atoms with Crippen LogP contribution in [-0.4, -0.2) is 25.7 Å². The van der Waals surface area contributed by atoms with E-state index in [2.05, 4.69) is 5.32 Å². The molecule has 1 N–H and O–H groups in total. The topological polar surface area (TPSA) is 58.6 Å². The molecule has 0 saturated heterocycles. The Morgan fingerprint density at radius 1 is 1.04 bits per heavy atom. The minimum Gasteiger partial charge on any atom is -0.465 e. The fraction of sp³-hybridized carbons (Fsp3) is 0.263. The first kappa shape index (κ1) is 17.5. The lowest BCUT2D eigenvalue weighted by Crippen LogP contribution is -2.40. The molecule has 0 aliphatic rings. The molecule has 2 rings (SSSR count). The molecule has 0 fully saturated rings. The minimum absolute atomic E-state index is 0.139. The maximum atomic E-state index is 12.5. The van der Waals surface area contributed by atoms with E-state index in [0.717, 1.165) is 17.7 Å². The number of anilines is 1. The van der Waals surface area contributed by atoms with Crippen LogP contribution in [0.5, 0.6) is 0 Å². The van der Waals surface area contributed by atoms with E-state index in [1.165, 1.54) is 7.11 Å². The number of carbonyl (C=O) groups is 2. The van der Waals surface area contributed by atoms with Gasteiger partial charge in [-0.05, 0) is 36.2 Å². The van der Waals surface area contributed by atoms with Crippen LogP contribution < -0.4 is 10.2 Å². The van der Waals surface area contributed by atoms with E-state index in [0.29, 0.717) is 18.7 Å². The van der Waals surface area contributed by atoms with Crippen molar-refractivity contribution in [2.75, 3.05) is 18.6 Å². The number of urea groups is 1. The standard InChI is InChI=1S/C19H22N2O3/c1-3-13-20-19(23)21(17-7-5-4-6-8-17)14-15-9-11-16(12-10-15)18(22)24-2/h4-12H,3,13-14H2,1-2H3,(H,20,23). The van der Waals surface area contributed by atoms with E-state index in [-0.39, 0.29) is 12.0 Å². The van der Waals surface area contributed by atoms with Crippen molar-refractivity contribution in [1.82, 2.24) is 5.32 Å². The highest BCUT2D eigenvalue weighted by molar-refractivity contribution is 5.92. The Balaban J connectivity index is 2.18. The summed E-state index contributed by atoms with van der Waals surface area (Å²) in [5.74, 6) is -0.373. The van der Waals surface area contributed by atoms with Gasteiger partial charge in [-0.3, -0.25) is 4.90 Å². The number of nitrogens with zero attached hydrogens (tertiary/aromatic N) is 1. The molecule has 0 atom stereocenters. The lowest BCUT2D eigenvalue weighted by molar-refractivity contribution is 0.0600. The number of ether oxygens (including phenoxy) is 1. The van der Waals surface area contributed by atoms with Crippen molar-refractivity contribution in [3.05, 3.63) is 65.7 Å². The van der Waals surface area contributed by atoms with Gasteiger partial charge in [-0.25, -0.2) is 9.59 Å². The lowest BCUT2D eigenvalue weighted by atomic mass is 10.1. The molecular formula is C19H22N2O3. The van der Waals surface area contributed by atoms with Crippen LogP contribution in [0, 0.1) is 0 Å². The second kappa shape index (κ2) is 8.72. The van der Waals surface area contributed by atoms with Gasteiger partial charge < -0.3 is 10.1 Å². The molecule has 5 heteroatoms. The molecule has 2 aromatic rings. The van der Waals surface area contributed by atoms with Crippen molar-refractivity contribution in [2.24, 2.45) is 0 Å². The van der Waals surface area contributed by atoms with Crippen LogP contribution >= 0.6 is 0 Å². The van der Waals surface area contributed by atoms with E-state index in [4.69, 9.17) is 4.74 Å². The van der Waals surface area contributed by atoms with Crippen LogP contribution in [0.1, 0.15) is 29.3 Å². The summed E-state index contributed by atoms with van der Waals surface area (Å²) in [6, 6.07) is 16.4. The van der Waals surface area contributed by atoms with Crippen molar-refractivity contribution < 1.29 is 14.3 Å². The summed E-state index contributed by atoms with van der Waals surface area (Å²) < 4.78 is 4.70. The van der Waals surface area contributed by atoms with Gasteiger partial charge in [0.2, 0.25) is 0 Å².